The Bertz CT molecular complexity index is 471. The third-order valence-corrected chi connectivity index (χ3v) is 3.61. The third-order valence-electron chi connectivity index (χ3n) is 2.28. The van der Waals surface area contributed by atoms with E-state index in [0.717, 1.165) is 6.54 Å². The van der Waals surface area contributed by atoms with Crippen molar-refractivity contribution in [3.8, 4) is 0 Å². The first-order valence-corrected chi connectivity index (χ1v) is 15.5. The first-order chi connectivity index (χ1) is 18.5. The quantitative estimate of drug-likeness (QED) is 0.163. The first-order valence-electron chi connectivity index (χ1n) is 12.6. The molecule has 0 rings (SSSR count). The molecule has 0 aliphatic rings. The molecule has 10 nitrogen and oxygen atoms in total. The van der Waals surface area contributed by atoms with E-state index in [1.54, 1.807) is 42.9 Å². The minimum atomic E-state index is -0.562. The van der Waals surface area contributed by atoms with Crippen LogP contribution < -0.4 is 10.6 Å². The van der Waals surface area contributed by atoms with E-state index in [1.807, 2.05) is 33.0 Å². The van der Waals surface area contributed by atoms with E-state index in [2.05, 4.69) is 58.1 Å². The maximum absolute atomic E-state index is 9.81. The number of esters is 3. The molecule has 12 heteroatoms. The van der Waals surface area contributed by atoms with Crippen molar-refractivity contribution in [1.29, 1.82) is 0 Å². The van der Waals surface area contributed by atoms with Gasteiger partial charge in [-0.15, -0.1) is 0 Å². The van der Waals surface area contributed by atoms with Crippen molar-refractivity contribution in [3.05, 3.63) is 12.2 Å². The van der Waals surface area contributed by atoms with E-state index >= 15 is 0 Å². The fourth-order valence-electron chi connectivity index (χ4n) is 0.202. The molecule has 0 aromatic carbocycles. The molecular formula is C28H64N2O8S2. The van der Waals surface area contributed by atoms with E-state index in [1.165, 1.54) is 61.5 Å². The van der Waals surface area contributed by atoms with Crippen LogP contribution >= 0.6 is 21.6 Å². The van der Waals surface area contributed by atoms with Gasteiger partial charge in [0, 0.05) is 49.0 Å². The minimum absolute atomic E-state index is 0.00463. The van der Waals surface area contributed by atoms with Crippen molar-refractivity contribution in [2.45, 2.75) is 89.0 Å². The van der Waals surface area contributed by atoms with Gasteiger partial charge in [0.05, 0.1) is 7.11 Å². The monoisotopic (exact) mass is 620 g/mol. The Morgan fingerprint density at radius 2 is 0.875 bits per heavy atom. The van der Waals surface area contributed by atoms with Crippen molar-refractivity contribution in [1.82, 2.24) is 10.6 Å². The zero-order valence-electron chi connectivity index (χ0n) is 28.9. The molecule has 0 aromatic heterocycles. The van der Waals surface area contributed by atoms with Crippen molar-refractivity contribution < 1.29 is 38.2 Å². The van der Waals surface area contributed by atoms with Crippen molar-refractivity contribution >= 4 is 51.2 Å². The van der Waals surface area contributed by atoms with E-state index in [9.17, 15) is 24.0 Å². The van der Waals surface area contributed by atoms with Gasteiger partial charge in [0.15, 0.2) is 0 Å². The van der Waals surface area contributed by atoms with Crippen molar-refractivity contribution in [2.75, 3.05) is 54.5 Å². The number of unbranched alkanes of at least 4 members (excludes halogenated alkanes) is 1. The summed E-state index contributed by atoms with van der Waals surface area (Å²) in [6.07, 6.45) is 10.8. The summed E-state index contributed by atoms with van der Waals surface area (Å²) >= 11 is 0. The van der Waals surface area contributed by atoms with Gasteiger partial charge in [0.25, 0.3) is 0 Å². The fourth-order valence-corrected chi connectivity index (χ4v) is 0.202. The van der Waals surface area contributed by atoms with Gasteiger partial charge in [-0.25, -0.2) is 0 Å². The number of methoxy groups -OCH3 is 2. The van der Waals surface area contributed by atoms with Gasteiger partial charge in [-0.3, -0.25) is 19.2 Å². The Hall–Kier alpha value is -1.89. The van der Waals surface area contributed by atoms with Crippen LogP contribution in [0.1, 0.15) is 89.0 Å². The van der Waals surface area contributed by atoms with E-state index < -0.39 is 11.9 Å². The maximum atomic E-state index is 9.81. The molecule has 0 spiro atoms. The van der Waals surface area contributed by atoms with Crippen molar-refractivity contribution in [2.24, 2.45) is 0 Å². The standard InChI is InChI=1S/C4H6O3.C4H10.C4H8.C3H7NO.C3H9N.C3H6O2.C3H6O.C2H6O.C2H6S2/c1-3(5)7-4(2)6;2*1-3-4-2;1-3(5)4-2;1-3-4-2;1-3(4)5-2;1-3(2)4;1-3-2;1-3-4-2/h1-2H3;3-4H2,1-2H3;3-4H,1-2H3;1-2H3,(H,4,5);4H,3H2,1-2H3;1-2H3;1-2H3;1-2H3;1-2H3/b;;4-3+;;;;;;. The normalized spacial score (nSPS) is 7.35. The van der Waals surface area contributed by atoms with Crippen LogP contribution in [-0.4, -0.2) is 84.1 Å². The lowest BCUT2D eigenvalue weighted by Gasteiger charge is -1.87. The fraction of sp³-hybridized carbons (Fsp3) is 0.750. The molecule has 0 saturated heterocycles. The average molecular weight is 621 g/mol. The largest absolute Gasteiger partial charge is 0.469 e. The number of allylic oxidation sites excluding steroid dienone is 2. The number of nitrogens with one attached hydrogen (secondary N) is 2. The lowest BCUT2D eigenvalue weighted by Crippen LogP contribution is -2.11. The van der Waals surface area contributed by atoms with Crippen LogP contribution in [0, 0.1) is 0 Å². The molecule has 0 radical (unpaired) electrons. The van der Waals surface area contributed by atoms with Gasteiger partial charge in [-0.2, -0.15) is 0 Å². The Balaban J connectivity index is -0.0000000390. The number of hydrogen-bond donors (Lipinski definition) is 2. The van der Waals surface area contributed by atoms with E-state index in [4.69, 9.17) is 0 Å². The number of carbonyl (C=O) groups excluding carboxylic acids is 5. The topological polar surface area (TPSA) is 137 Å². The highest BCUT2D eigenvalue weighted by Crippen LogP contribution is 2.09. The number of ketones is 1. The molecule has 0 unspecified atom stereocenters. The molecule has 0 aliphatic heterocycles. The smallest absolute Gasteiger partial charge is 0.310 e. The number of rotatable bonds is 3. The minimum Gasteiger partial charge on any atom is -0.469 e. The molecule has 0 fully saturated rings. The van der Waals surface area contributed by atoms with E-state index in [-0.39, 0.29) is 17.7 Å². The Morgan fingerprint density at radius 3 is 0.875 bits per heavy atom. The Labute approximate surface area is 255 Å². The van der Waals surface area contributed by atoms with Gasteiger partial charge in [-0.1, -0.05) is 67.4 Å². The highest BCUT2D eigenvalue weighted by molar-refractivity contribution is 8.76. The zero-order chi connectivity index (χ0) is 34.4. The van der Waals surface area contributed by atoms with Crippen LogP contribution in [0.25, 0.3) is 0 Å². The van der Waals surface area contributed by atoms with Gasteiger partial charge in [0.1, 0.15) is 5.78 Å². The summed E-state index contributed by atoms with van der Waals surface area (Å²) in [7, 11) is 11.7. The lowest BCUT2D eigenvalue weighted by atomic mass is 10.4. The second kappa shape index (κ2) is 76.7. The SMILES string of the molecule is C/C=C/C.CC(=O)OC(C)=O.CC(C)=O.CCCC.CCNC.CNC(C)=O.COC.COC(C)=O.CSSC. The number of carbonyl (C=O) groups is 5. The first kappa shape index (κ1) is 61.9. The second-order valence-electron chi connectivity index (χ2n) is 6.61. The maximum Gasteiger partial charge on any atom is 0.310 e. The van der Waals surface area contributed by atoms with Gasteiger partial charge in [0.2, 0.25) is 5.91 Å². The molecule has 40 heavy (non-hydrogen) atoms. The summed E-state index contributed by atoms with van der Waals surface area (Å²) in [5, 5.41) is 5.32. The number of hydrogen-bond acceptors (Lipinski definition) is 11. The van der Waals surface area contributed by atoms with E-state index in [0.29, 0.717) is 0 Å². The summed E-state index contributed by atoms with van der Waals surface area (Å²) in [5.74, 6) is -1.20. The molecule has 0 aliphatic carbocycles. The summed E-state index contributed by atoms with van der Waals surface area (Å²) in [6.45, 7) is 19.8. The van der Waals surface area contributed by atoms with Crippen LogP contribution in [0.3, 0.4) is 0 Å². The molecule has 0 heterocycles. The highest BCUT2D eigenvalue weighted by atomic mass is 33.1. The van der Waals surface area contributed by atoms with Crippen LogP contribution in [0.15, 0.2) is 12.2 Å². The summed E-state index contributed by atoms with van der Waals surface area (Å²) in [4.78, 5) is 48.4. The zero-order valence-corrected chi connectivity index (χ0v) is 30.5. The van der Waals surface area contributed by atoms with Gasteiger partial charge < -0.3 is 29.6 Å². The highest BCUT2D eigenvalue weighted by Gasteiger charge is 1.93. The lowest BCUT2D eigenvalue weighted by molar-refractivity contribution is -0.156. The molecule has 2 N–H and O–H groups in total. The van der Waals surface area contributed by atoms with Gasteiger partial charge >= 0.3 is 17.9 Å². The number of amides is 1. The number of ether oxygens (including phenoxy) is 3. The summed E-state index contributed by atoms with van der Waals surface area (Å²) < 4.78 is 12.3. The van der Waals surface area contributed by atoms with Crippen LogP contribution in [0.4, 0.5) is 0 Å². The summed E-state index contributed by atoms with van der Waals surface area (Å²) in [6, 6.07) is 0. The molecule has 1 amide bonds. The summed E-state index contributed by atoms with van der Waals surface area (Å²) in [5.41, 5.74) is 0. The molecule has 0 bridgehead atoms. The predicted molar refractivity (Wildman–Crippen MR) is 177 cm³/mol. The van der Waals surface area contributed by atoms with Crippen LogP contribution in [0.2, 0.25) is 0 Å². The predicted octanol–water partition coefficient (Wildman–Crippen LogP) is 6.13. The Kier molecular flexibility index (Phi) is 119. The second-order valence-corrected chi connectivity index (χ2v) is 9.28. The average Bonchev–Trinajstić information content (AvgIpc) is 2.89. The molecule has 0 atom stereocenters. The molecule has 0 aromatic rings. The van der Waals surface area contributed by atoms with Crippen LogP contribution in [-0.2, 0) is 38.2 Å². The Morgan fingerprint density at radius 1 is 0.675 bits per heavy atom. The van der Waals surface area contributed by atoms with Crippen LogP contribution in [0.5, 0.6) is 0 Å². The molecule has 0 saturated carbocycles. The molecular weight excluding hydrogens is 556 g/mol. The van der Waals surface area contributed by atoms with Crippen molar-refractivity contribution in [3.63, 3.8) is 0 Å². The molecule has 246 valence electrons. The number of Topliss-reactive ketones (excluding diaryl/α,β-unsaturated/α-hetero) is 1. The third kappa shape index (κ3) is 435. The van der Waals surface area contributed by atoms with Gasteiger partial charge in [-0.05, 0) is 53.8 Å².